The van der Waals surface area contributed by atoms with Gasteiger partial charge in [0.05, 0.1) is 0 Å². The van der Waals surface area contributed by atoms with Crippen LogP contribution < -0.4 is 10.1 Å². The summed E-state index contributed by atoms with van der Waals surface area (Å²) < 4.78 is 6.89. The molecular formula is C26H35BrN2O3. The predicted molar refractivity (Wildman–Crippen MR) is 133 cm³/mol. The van der Waals surface area contributed by atoms with E-state index in [1.54, 1.807) is 4.90 Å². The Labute approximate surface area is 200 Å². The highest BCUT2D eigenvalue weighted by Crippen LogP contribution is 2.26. The summed E-state index contributed by atoms with van der Waals surface area (Å²) in [6.45, 7) is 13.9. The van der Waals surface area contributed by atoms with Gasteiger partial charge in [0.1, 0.15) is 11.8 Å². The molecule has 2 aromatic carbocycles. The Morgan fingerprint density at radius 1 is 1.06 bits per heavy atom. The number of rotatable bonds is 8. The van der Waals surface area contributed by atoms with Crippen LogP contribution in [0.4, 0.5) is 0 Å². The number of hydrogen-bond donors (Lipinski definition) is 1. The second kappa shape index (κ2) is 11.0. The van der Waals surface area contributed by atoms with Gasteiger partial charge in [0.2, 0.25) is 5.91 Å². The minimum Gasteiger partial charge on any atom is -0.484 e. The van der Waals surface area contributed by atoms with E-state index in [9.17, 15) is 9.59 Å². The van der Waals surface area contributed by atoms with Crippen molar-refractivity contribution in [1.82, 2.24) is 10.2 Å². The third-order valence-electron chi connectivity index (χ3n) is 5.26. The lowest BCUT2D eigenvalue weighted by Gasteiger charge is -2.33. The van der Waals surface area contributed by atoms with Crippen molar-refractivity contribution in [2.75, 3.05) is 6.61 Å². The van der Waals surface area contributed by atoms with Crippen molar-refractivity contribution in [2.45, 2.75) is 73.0 Å². The van der Waals surface area contributed by atoms with Gasteiger partial charge in [-0.3, -0.25) is 9.59 Å². The van der Waals surface area contributed by atoms with Crippen LogP contribution >= 0.6 is 15.9 Å². The second-order valence-corrected chi connectivity index (χ2v) is 10.1. The first-order valence-corrected chi connectivity index (χ1v) is 11.8. The number of nitrogens with zero attached hydrogens (tertiary/aromatic N) is 1. The molecule has 5 nitrogen and oxygen atoms in total. The van der Waals surface area contributed by atoms with E-state index < -0.39 is 6.04 Å². The molecule has 0 saturated carbocycles. The molecule has 0 fully saturated rings. The zero-order valence-electron chi connectivity index (χ0n) is 20.2. The number of hydrogen-bond acceptors (Lipinski definition) is 3. The Hall–Kier alpha value is -2.34. The minimum atomic E-state index is -0.585. The van der Waals surface area contributed by atoms with Gasteiger partial charge in [-0.25, -0.2) is 0 Å². The van der Waals surface area contributed by atoms with Crippen molar-refractivity contribution in [2.24, 2.45) is 0 Å². The lowest BCUT2D eigenvalue weighted by molar-refractivity contribution is -0.143. The first kappa shape index (κ1) is 25.9. The quantitative estimate of drug-likeness (QED) is 0.520. The first-order chi connectivity index (χ1) is 14.9. The van der Waals surface area contributed by atoms with E-state index >= 15 is 0 Å². The highest BCUT2D eigenvalue weighted by Gasteiger charge is 2.31. The van der Waals surface area contributed by atoms with Crippen LogP contribution in [0.15, 0.2) is 40.9 Å². The molecule has 2 amide bonds. The normalized spacial score (nSPS) is 12.2. The monoisotopic (exact) mass is 502 g/mol. The van der Waals surface area contributed by atoms with E-state index in [0.717, 1.165) is 26.7 Å². The van der Waals surface area contributed by atoms with Gasteiger partial charge < -0.3 is 15.0 Å². The number of amides is 2. The molecule has 0 radical (unpaired) electrons. The molecule has 2 aromatic rings. The summed E-state index contributed by atoms with van der Waals surface area (Å²) in [5.74, 6) is 0.263. The van der Waals surface area contributed by atoms with E-state index in [1.165, 1.54) is 0 Å². The Bertz CT molecular complexity index is 943. The number of benzene rings is 2. The summed E-state index contributed by atoms with van der Waals surface area (Å²) in [7, 11) is 0. The molecule has 6 heteroatoms. The average Bonchev–Trinajstić information content (AvgIpc) is 2.70. The topological polar surface area (TPSA) is 58.6 Å². The molecule has 0 spiro atoms. The number of aryl methyl sites for hydroxylation is 3. The number of carbonyl (C=O) groups is 2. The molecule has 2 rings (SSSR count). The summed E-state index contributed by atoms with van der Waals surface area (Å²) >= 11 is 3.55. The van der Waals surface area contributed by atoms with Crippen LogP contribution in [0, 0.1) is 20.8 Å². The molecule has 0 aliphatic heterocycles. The van der Waals surface area contributed by atoms with Crippen LogP contribution in [-0.4, -0.2) is 34.9 Å². The number of carbonyl (C=O) groups excluding carboxylic acids is 2. The van der Waals surface area contributed by atoms with Crippen molar-refractivity contribution in [3.63, 3.8) is 0 Å². The summed E-state index contributed by atoms with van der Waals surface area (Å²) in [5.41, 5.74) is 3.79. The molecule has 1 N–H and O–H groups in total. The van der Waals surface area contributed by atoms with Gasteiger partial charge >= 0.3 is 0 Å². The van der Waals surface area contributed by atoms with Crippen molar-refractivity contribution < 1.29 is 14.3 Å². The zero-order chi connectivity index (χ0) is 24.1. The van der Waals surface area contributed by atoms with Crippen molar-refractivity contribution in [1.29, 1.82) is 0 Å². The maximum Gasteiger partial charge on any atom is 0.261 e. The Balaban J connectivity index is 2.28. The summed E-state index contributed by atoms with van der Waals surface area (Å²) in [6, 6.07) is 11.1. The lowest BCUT2D eigenvalue weighted by Crippen LogP contribution is -2.54. The molecule has 0 aliphatic rings. The molecule has 0 saturated heterocycles. The first-order valence-electron chi connectivity index (χ1n) is 11.0. The van der Waals surface area contributed by atoms with Gasteiger partial charge in [0.15, 0.2) is 6.61 Å². The van der Waals surface area contributed by atoms with Crippen LogP contribution in [-0.2, 0) is 16.1 Å². The third kappa shape index (κ3) is 7.09. The van der Waals surface area contributed by atoms with E-state index in [4.69, 9.17) is 4.74 Å². The SMILES string of the molecule is CC[C@@H](C(=O)NC(C)(C)C)N(Cc1ccccc1C)C(=O)COc1cc(C)c(Br)c(C)c1. The molecule has 0 aliphatic carbocycles. The highest BCUT2D eigenvalue weighted by atomic mass is 79.9. The van der Waals surface area contributed by atoms with Gasteiger partial charge in [0, 0.05) is 16.6 Å². The predicted octanol–water partition coefficient (Wildman–Crippen LogP) is 5.48. The van der Waals surface area contributed by atoms with Gasteiger partial charge in [-0.15, -0.1) is 0 Å². The van der Waals surface area contributed by atoms with Gasteiger partial charge in [-0.05, 0) is 82.3 Å². The van der Waals surface area contributed by atoms with Crippen LogP contribution in [0.5, 0.6) is 5.75 Å². The third-order valence-corrected chi connectivity index (χ3v) is 6.51. The fourth-order valence-corrected chi connectivity index (χ4v) is 3.79. The van der Waals surface area contributed by atoms with Crippen molar-refractivity contribution in [3.8, 4) is 5.75 Å². The summed E-state index contributed by atoms with van der Waals surface area (Å²) in [6.07, 6.45) is 0.510. The lowest BCUT2D eigenvalue weighted by atomic mass is 10.0. The fourth-order valence-electron chi connectivity index (χ4n) is 3.56. The standard InChI is InChI=1S/C26H35BrN2O3/c1-8-22(25(31)28-26(5,6)7)29(15-20-12-10-9-11-17(20)2)23(30)16-32-21-13-18(3)24(27)19(4)14-21/h9-14,22H,8,15-16H2,1-7H3,(H,28,31)/t22-/m0/s1. The number of ether oxygens (including phenoxy) is 1. The molecule has 0 heterocycles. The van der Waals surface area contributed by atoms with Crippen LogP contribution in [0.1, 0.15) is 56.4 Å². The summed E-state index contributed by atoms with van der Waals surface area (Å²) in [4.78, 5) is 28.1. The van der Waals surface area contributed by atoms with Crippen LogP contribution in [0.25, 0.3) is 0 Å². The fraction of sp³-hybridized carbons (Fsp3) is 0.462. The largest absolute Gasteiger partial charge is 0.484 e. The molecule has 174 valence electrons. The van der Waals surface area contributed by atoms with E-state index in [1.807, 2.05) is 84.9 Å². The Kier molecular flexibility index (Phi) is 8.90. The van der Waals surface area contributed by atoms with Crippen molar-refractivity contribution >= 4 is 27.7 Å². The van der Waals surface area contributed by atoms with Crippen molar-refractivity contribution in [3.05, 3.63) is 63.1 Å². The van der Waals surface area contributed by atoms with E-state index in [2.05, 4.69) is 21.2 Å². The Morgan fingerprint density at radius 3 is 2.19 bits per heavy atom. The summed E-state index contributed by atoms with van der Waals surface area (Å²) in [5, 5.41) is 3.02. The molecule has 0 unspecified atom stereocenters. The number of nitrogens with one attached hydrogen (secondary N) is 1. The van der Waals surface area contributed by atoms with E-state index in [0.29, 0.717) is 18.7 Å². The van der Waals surface area contributed by atoms with E-state index in [-0.39, 0.29) is 24.0 Å². The molecule has 0 bridgehead atoms. The zero-order valence-corrected chi connectivity index (χ0v) is 21.8. The van der Waals surface area contributed by atoms with Crippen LogP contribution in [0.3, 0.4) is 0 Å². The number of halogens is 1. The van der Waals surface area contributed by atoms with Gasteiger partial charge in [0.25, 0.3) is 5.91 Å². The highest BCUT2D eigenvalue weighted by molar-refractivity contribution is 9.10. The average molecular weight is 503 g/mol. The Morgan fingerprint density at radius 2 is 1.66 bits per heavy atom. The molecule has 0 aromatic heterocycles. The maximum absolute atomic E-state index is 13.4. The van der Waals surface area contributed by atoms with Crippen LogP contribution in [0.2, 0.25) is 0 Å². The second-order valence-electron chi connectivity index (χ2n) is 9.27. The minimum absolute atomic E-state index is 0.133. The van der Waals surface area contributed by atoms with Gasteiger partial charge in [-0.2, -0.15) is 0 Å². The maximum atomic E-state index is 13.4. The van der Waals surface area contributed by atoms with Gasteiger partial charge in [-0.1, -0.05) is 47.1 Å². The molecular weight excluding hydrogens is 468 g/mol. The smallest absolute Gasteiger partial charge is 0.261 e. The molecule has 1 atom stereocenters. The molecule has 32 heavy (non-hydrogen) atoms.